The molecule has 0 saturated heterocycles. The maximum atomic E-state index is 12.3. The van der Waals surface area contributed by atoms with Gasteiger partial charge in [-0.05, 0) is 49.2 Å². The molecule has 0 atom stereocenters. The third kappa shape index (κ3) is 4.55. The maximum Gasteiger partial charge on any atom is 0.234 e. The number of benzene rings is 2. The number of nitrogens with two attached hydrogens (primary N) is 1. The van der Waals surface area contributed by atoms with E-state index in [1.54, 1.807) is 24.3 Å². The van der Waals surface area contributed by atoms with E-state index in [2.05, 4.69) is 15.5 Å². The maximum absolute atomic E-state index is 12.3. The highest BCUT2D eigenvalue weighted by molar-refractivity contribution is 7.99. The Morgan fingerprint density at radius 1 is 1.14 bits per heavy atom. The lowest BCUT2D eigenvalue weighted by Crippen LogP contribution is -2.17. The zero-order valence-electron chi connectivity index (χ0n) is 15.0. The Bertz CT molecular complexity index is 1030. The second kappa shape index (κ2) is 8.61. The zero-order valence-corrected chi connectivity index (χ0v) is 18.0. The van der Waals surface area contributed by atoms with Crippen LogP contribution in [0, 0.1) is 13.8 Å². The first-order valence-corrected chi connectivity index (χ1v) is 10.2. The monoisotopic (exact) mass is 455 g/mol. The van der Waals surface area contributed by atoms with Gasteiger partial charge in [0.25, 0.3) is 0 Å². The third-order valence-corrected chi connectivity index (χ3v) is 5.67. The topological polar surface area (TPSA) is 85.8 Å². The number of hydrogen-bond donors (Lipinski definition) is 2. The van der Waals surface area contributed by atoms with Gasteiger partial charge < -0.3 is 11.2 Å². The Hall–Kier alpha value is -1.93. The van der Waals surface area contributed by atoms with E-state index in [1.165, 1.54) is 4.68 Å². The van der Waals surface area contributed by atoms with Crippen molar-refractivity contribution in [1.82, 2.24) is 14.9 Å². The van der Waals surface area contributed by atoms with E-state index in [-0.39, 0.29) is 11.7 Å². The van der Waals surface area contributed by atoms with Gasteiger partial charge in [-0.2, -0.15) is 0 Å². The van der Waals surface area contributed by atoms with Gasteiger partial charge in [-0.1, -0.05) is 52.6 Å². The summed E-state index contributed by atoms with van der Waals surface area (Å²) in [4.78, 5) is 12.3. The lowest BCUT2D eigenvalue weighted by Gasteiger charge is -2.11. The molecule has 146 valence electrons. The van der Waals surface area contributed by atoms with Crippen molar-refractivity contribution in [2.75, 3.05) is 16.9 Å². The molecule has 3 N–H and O–H groups in total. The van der Waals surface area contributed by atoms with Crippen LogP contribution in [0.4, 0.5) is 5.69 Å². The summed E-state index contributed by atoms with van der Waals surface area (Å²) in [7, 11) is 0. The number of rotatable bonds is 5. The molecule has 1 aromatic heterocycles. The predicted octanol–water partition coefficient (Wildman–Crippen LogP) is 4.97. The van der Waals surface area contributed by atoms with Crippen molar-refractivity contribution in [3.05, 3.63) is 56.5 Å². The summed E-state index contributed by atoms with van der Waals surface area (Å²) >= 11 is 19.6. The number of nitrogens with zero attached hydrogens (tertiary/aromatic N) is 3. The number of aromatic nitrogens is 3. The largest absolute Gasteiger partial charge is 0.335 e. The van der Waals surface area contributed by atoms with Crippen LogP contribution in [-0.4, -0.2) is 26.5 Å². The minimum Gasteiger partial charge on any atom is -0.335 e. The van der Waals surface area contributed by atoms with Gasteiger partial charge in [-0.25, -0.2) is 4.68 Å². The van der Waals surface area contributed by atoms with E-state index in [0.29, 0.717) is 37.3 Å². The summed E-state index contributed by atoms with van der Waals surface area (Å²) in [6.45, 7) is 3.83. The van der Waals surface area contributed by atoms with Crippen LogP contribution in [0.25, 0.3) is 11.4 Å². The van der Waals surface area contributed by atoms with E-state index in [4.69, 9.17) is 40.6 Å². The number of halogens is 3. The molecule has 0 unspecified atom stereocenters. The number of aryl methyl sites for hydroxylation is 2. The number of carbonyl (C=O) groups excluding carboxylic acids is 1. The summed E-state index contributed by atoms with van der Waals surface area (Å²) in [5.74, 6) is 6.28. The van der Waals surface area contributed by atoms with Crippen LogP contribution in [-0.2, 0) is 4.79 Å². The summed E-state index contributed by atoms with van der Waals surface area (Å²) in [5.41, 5.74) is 3.07. The highest BCUT2D eigenvalue weighted by atomic mass is 35.5. The quantitative estimate of drug-likeness (QED) is 0.418. The lowest BCUT2D eigenvalue weighted by atomic mass is 10.1. The van der Waals surface area contributed by atoms with Crippen LogP contribution < -0.4 is 11.2 Å². The Morgan fingerprint density at radius 3 is 2.61 bits per heavy atom. The normalized spacial score (nSPS) is 10.9. The molecule has 0 aliphatic carbocycles. The molecular formula is C18H16Cl3N5OS. The molecule has 3 aromatic rings. The van der Waals surface area contributed by atoms with Gasteiger partial charge >= 0.3 is 0 Å². The molecule has 0 aliphatic rings. The van der Waals surface area contributed by atoms with Crippen LogP contribution >= 0.6 is 46.6 Å². The zero-order chi connectivity index (χ0) is 20.4. The first-order valence-electron chi connectivity index (χ1n) is 8.11. The Kier molecular flexibility index (Phi) is 6.40. The van der Waals surface area contributed by atoms with E-state index in [9.17, 15) is 4.79 Å². The van der Waals surface area contributed by atoms with Gasteiger partial charge in [0.2, 0.25) is 11.1 Å². The summed E-state index contributed by atoms with van der Waals surface area (Å²) in [6, 6.07) is 8.73. The fourth-order valence-electron chi connectivity index (χ4n) is 2.61. The van der Waals surface area contributed by atoms with Gasteiger partial charge in [0, 0.05) is 10.6 Å². The average Bonchev–Trinajstić information content (AvgIpc) is 2.99. The number of anilines is 1. The average molecular weight is 457 g/mol. The fourth-order valence-corrected chi connectivity index (χ4v) is 4.01. The van der Waals surface area contributed by atoms with Crippen LogP contribution in [0.5, 0.6) is 0 Å². The summed E-state index contributed by atoms with van der Waals surface area (Å²) in [5, 5.41) is 12.7. The van der Waals surface area contributed by atoms with E-state index >= 15 is 0 Å². The lowest BCUT2D eigenvalue weighted by molar-refractivity contribution is -0.113. The molecule has 0 fully saturated rings. The number of amides is 1. The van der Waals surface area contributed by atoms with Crippen LogP contribution in [0.3, 0.4) is 0 Å². The fraction of sp³-hybridized carbons (Fsp3) is 0.167. The minimum atomic E-state index is -0.232. The predicted molar refractivity (Wildman–Crippen MR) is 116 cm³/mol. The number of nitrogen functional groups attached to an aromatic ring is 1. The van der Waals surface area contributed by atoms with Gasteiger partial charge in [0.1, 0.15) is 0 Å². The number of hydrogen-bond acceptors (Lipinski definition) is 5. The molecule has 0 aliphatic heterocycles. The number of carbonyl (C=O) groups is 1. The van der Waals surface area contributed by atoms with Crippen molar-refractivity contribution >= 4 is 58.2 Å². The molecule has 0 spiro atoms. The van der Waals surface area contributed by atoms with Crippen molar-refractivity contribution in [2.24, 2.45) is 0 Å². The molecule has 0 radical (unpaired) electrons. The second-order valence-corrected chi connectivity index (χ2v) is 8.27. The Labute approximate surface area is 181 Å². The van der Waals surface area contributed by atoms with E-state index in [0.717, 1.165) is 22.9 Å². The van der Waals surface area contributed by atoms with Gasteiger partial charge in [-0.3, -0.25) is 4.79 Å². The number of thioether (sulfide) groups is 1. The Morgan fingerprint density at radius 2 is 1.89 bits per heavy atom. The van der Waals surface area contributed by atoms with E-state index < -0.39 is 0 Å². The van der Waals surface area contributed by atoms with Crippen molar-refractivity contribution in [3.63, 3.8) is 0 Å². The minimum absolute atomic E-state index is 0.0856. The SMILES string of the molecule is Cc1cc(C)c(NC(=O)CSc2nnc(-c3cc(Cl)ccc3Cl)n2N)c(Cl)c1. The Balaban J connectivity index is 1.71. The standard InChI is InChI=1S/C18H16Cl3N5OS/c1-9-5-10(2)16(14(21)6-9)23-15(27)8-28-18-25-24-17(26(18)22)12-7-11(19)3-4-13(12)20/h3-7H,8,22H2,1-2H3,(H,23,27). The van der Waals surface area contributed by atoms with Crippen LogP contribution in [0.2, 0.25) is 15.1 Å². The first kappa shape index (κ1) is 20.8. The molecule has 0 saturated carbocycles. The molecule has 10 heteroatoms. The molecule has 1 amide bonds. The van der Waals surface area contributed by atoms with Crippen LogP contribution in [0.15, 0.2) is 35.5 Å². The van der Waals surface area contributed by atoms with Crippen molar-refractivity contribution in [1.29, 1.82) is 0 Å². The molecule has 1 heterocycles. The smallest absolute Gasteiger partial charge is 0.234 e. The van der Waals surface area contributed by atoms with Crippen LogP contribution in [0.1, 0.15) is 11.1 Å². The van der Waals surface area contributed by atoms with Gasteiger partial charge in [0.15, 0.2) is 5.82 Å². The second-order valence-electron chi connectivity index (χ2n) is 6.08. The third-order valence-electron chi connectivity index (χ3n) is 3.86. The molecular weight excluding hydrogens is 441 g/mol. The molecule has 6 nitrogen and oxygen atoms in total. The van der Waals surface area contributed by atoms with Gasteiger partial charge in [-0.15, -0.1) is 10.2 Å². The van der Waals surface area contributed by atoms with Gasteiger partial charge in [0.05, 0.1) is 21.5 Å². The van der Waals surface area contributed by atoms with Crippen molar-refractivity contribution in [2.45, 2.75) is 19.0 Å². The number of nitrogens with one attached hydrogen (secondary N) is 1. The van der Waals surface area contributed by atoms with E-state index in [1.807, 2.05) is 19.9 Å². The molecule has 3 rings (SSSR count). The van der Waals surface area contributed by atoms with Crippen molar-refractivity contribution in [3.8, 4) is 11.4 Å². The first-order chi connectivity index (χ1) is 13.3. The highest BCUT2D eigenvalue weighted by Gasteiger charge is 2.17. The van der Waals surface area contributed by atoms with Crippen molar-refractivity contribution < 1.29 is 4.79 Å². The summed E-state index contributed by atoms with van der Waals surface area (Å²) in [6.07, 6.45) is 0. The molecule has 28 heavy (non-hydrogen) atoms. The molecule has 2 aromatic carbocycles. The summed E-state index contributed by atoms with van der Waals surface area (Å²) < 4.78 is 1.28. The molecule has 0 bridgehead atoms. The highest BCUT2D eigenvalue weighted by Crippen LogP contribution is 2.31.